The fourth-order valence-corrected chi connectivity index (χ4v) is 1.90. The van der Waals surface area contributed by atoms with Crippen molar-refractivity contribution in [3.63, 3.8) is 0 Å². The normalized spacial score (nSPS) is 12.4. The van der Waals surface area contributed by atoms with E-state index in [1.54, 1.807) is 0 Å². The zero-order valence-corrected chi connectivity index (χ0v) is 12.0. The van der Waals surface area contributed by atoms with Crippen LogP contribution >= 0.6 is 0 Å². The molecule has 1 aromatic carbocycles. The molecule has 0 amide bonds. The van der Waals surface area contributed by atoms with E-state index in [4.69, 9.17) is 4.74 Å². The summed E-state index contributed by atoms with van der Waals surface area (Å²) in [5.74, 6) is 1.61. The number of nitrogens with one attached hydrogen (secondary N) is 1. The van der Waals surface area contributed by atoms with Crippen molar-refractivity contribution in [2.45, 2.75) is 46.0 Å². The Balaban J connectivity index is 2.37. The molecule has 0 aliphatic heterocycles. The Morgan fingerprint density at radius 3 is 2.67 bits per heavy atom. The molecule has 1 N–H and O–H groups in total. The highest BCUT2D eigenvalue weighted by molar-refractivity contribution is 5.35. The van der Waals surface area contributed by atoms with Gasteiger partial charge in [0.15, 0.2) is 0 Å². The van der Waals surface area contributed by atoms with Gasteiger partial charge in [0.25, 0.3) is 0 Å². The first-order valence-corrected chi connectivity index (χ1v) is 7.22. The van der Waals surface area contributed by atoms with Crippen LogP contribution in [0.25, 0.3) is 0 Å². The van der Waals surface area contributed by atoms with Crippen molar-refractivity contribution in [3.05, 3.63) is 29.8 Å². The summed E-state index contributed by atoms with van der Waals surface area (Å²) in [6.07, 6.45) is 3.63. The minimum absolute atomic E-state index is 0.564. The lowest BCUT2D eigenvalue weighted by atomic mass is 9.98. The number of rotatable bonds is 9. The molecule has 1 atom stereocenters. The fraction of sp³-hybridized carbons (Fsp3) is 0.625. The van der Waals surface area contributed by atoms with Crippen molar-refractivity contribution in [3.8, 4) is 5.75 Å². The maximum absolute atomic E-state index is 5.88. The lowest BCUT2D eigenvalue weighted by molar-refractivity contribution is 0.309. The molecule has 0 radical (unpaired) electrons. The minimum atomic E-state index is 0.564. The third-order valence-electron chi connectivity index (χ3n) is 3.31. The van der Waals surface area contributed by atoms with E-state index in [2.05, 4.69) is 44.3 Å². The third kappa shape index (κ3) is 5.09. The van der Waals surface area contributed by atoms with Crippen LogP contribution in [0.1, 0.15) is 51.5 Å². The highest BCUT2D eigenvalue weighted by Crippen LogP contribution is 2.28. The van der Waals surface area contributed by atoms with E-state index in [0.717, 1.165) is 31.9 Å². The van der Waals surface area contributed by atoms with E-state index < -0.39 is 0 Å². The molecule has 102 valence electrons. The summed E-state index contributed by atoms with van der Waals surface area (Å²) in [6, 6.07) is 8.39. The first-order chi connectivity index (χ1) is 8.79. The molecule has 0 aliphatic rings. The molecule has 0 aliphatic carbocycles. The molecule has 0 fully saturated rings. The van der Waals surface area contributed by atoms with Crippen LogP contribution in [0.15, 0.2) is 24.3 Å². The van der Waals surface area contributed by atoms with Crippen molar-refractivity contribution in [2.24, 2.45) is 0 Å². The minimum Gasteiger partial charge on any atom is -0.492 e. The van der Waals surface area contributed by atoms with Crippen molar-refractivity contribution in [1.82, 2.24) is 5.32 Å². The van der Waals surface area contributed by atoms with Crippen LogP contribution in [-0.4, -0.2) is 19.7 Å². The maximum atomic E-state index is 5.88. The Morgan fingerprint density at radius 1 is 1.17 bits per heavy atom. The van der Waals surface area contributed by atoms with Gasteiger partial charge in [0.1, 0.15) is 12.4 Å². The van der Waals surface area contributed by atoms with Gasteiger partial charge in [-0.3, -0.25) is 0 Å². The third-order valence-corrected chi connectivity index (χ3v) is 3.31. The average Bonchev–Trinajstić information content (AvgIpc) is 2.42. The van der Waals surface area contributed by atoms with Crippen LogP contribution in [0.5, 0.6) is 5.75 Å². The van der Waals surface area contributed by atoms with Crippen LogP contribution in [0.2, 0.25) is 0 Å². The van der Waals surface area contributed by atoms with Crippen LogP contribution in [0, 0.1) is 0 Å². The molecule has 2 heteroatoms. The zero-order chi connectivity index (χ0) is 13.2. The summed E-state index contributed by atoms with van der Waals surface area (Å²) in [6.45, 7) is 9.44. The highest BCUT2D eigenvalue weighted by Gasteiger charge is 2.08. The van der Waals surface area contributed by atoms with E-state index in [1.807, 2.05) is 6.07 Å². The van der Waals surface area contributed by atoms with Crippen molar-refractivity contribution in [2.75, 3.05) is 19.7 Å². The monoisotopic (exact) mass is 249 g/mol. The summed E-state index contributed by atoms with van der Waals surface area (Å²) in [5.41, 5.74) is 1.33. The predicted octanol–water partition coefficient (Wildman–Crippen LogP) is 3.97. The molecule has 0 bridgehead atoms. The van der Waals surface area contributed by atoms with Gasteiger partial charge in [-0.05, 0) is 36.9 Å². The van der Waals surface area contributed by atoms with Crippen LogP contribution < -0.4 is 10.1 Å². The molecule has 0 spiro atoms. The molecule has 1 unspecified atom stereocenters. The van der Waals surface area contributed by atoms with Gasteiger partial charge in [-0.2, -0.15) is 0 Å². The second-order valence-corrected chi connectivity index (χ2v) is 4.80. The van der Waals surface area contributed by atoms with Gasteiger partial charge in [-0.25, -0.2) is 0 Å². The van der Waals surface area contributed by atoms with E-state index in [0.29, 0.717) is 5.92 Å². The molecular formula is C16H27NO. The molecule has 1 aromatic rings. The smallest absolute Gasteiger partial charge is 0.122 e. The van der Waals surface area contributed by atoms with Crippen molar-refractivity contribution >= 4 is 0 Å². The van der Waals surface area contributed by atoms with Crippen molar-refractivity contribution < 1.29 is 4.74 Å². The van der Waals surface area contributed by atoms with E-state index in [9.17, 15) is 0 Å². The molecule has 18 heavy (non-hydrogen) atoms. The first-order valence-electron chi connectivity index (χ1n) is 7.22. The van der Waals surface area contributed by atoms with Gasteiger partial charge in [-0.1, -0.05) is 45.4 Å². The van der Waals surface area contributed by atoms with Gasteiger partial charge in [0.05, 0.1) is 0 Å². The van der Waals surface area contributed by atoms with E-state index >= 15 is 0 Å². The Labute approximate surface area is 112 Å². The van der Waals surface area contributed by atoms with Gasteiger partial charge in [0, 0.05) is 6.54 Å². The molecule has 1 rings (SSSR count). The number of para-hydroxylation sites is 1. The molecule has 0 aromatic heterocycles. The fourth-order valence-electron chi connectivity index (χ4n) is 1.90. The Kier molecular flexibility index (Phi) is 7.51. The summed E-state index contributed by atoms with van der Waals surface area (Å²) in [4.78, 5) is 0. The standard InChI is InChI=1S/C16H27NO/c1-4-6-11-17-12-13-18-16-10-8-7-9-15(16)14(3)5-2/h7-10,14,17H,4-6,11-13H2,1-3H3. The van der Waals surface area contributed by atoms with E-state index in [1.165, 1.54) is 18.4 Å². The number of ether oxygens (including phenoxy) is 1. The number of hydrogen-bond acceptors (Lipinski definition) is 2. The molecule has 0 heterocycles. The second-order valence-electron chi connectivity index (χ2n) is 4.80. The summed E-state index contributed by atoms with van der Waals surface area (Å²) in [7, 11) is 0. The van der Waals surface area contributed by atoms with Crippen LogP contribution in [0.3, 0.4) is 0 Å². The molecule has 2 nitrogen and oxygen atoms in total. The zero-order valence-electron chi connectivity index (χ0n) is 12.0. The summed E-state index contributed by atoms with van der Waals surface area (Å²) >= 11 is 0. The average molecular weight is 249 g/mol. The quantitative estimate of drug-likeness (QED) is 0.669. The largest absolute Gasteiger partial charge is 0.492 e. The first kappa shape index (κ1) is 15.0. The van der Waals surface area contributed by atoms with Crippen LogP contribution in [0.4, 0.5) is 0 Å². The second kappa shape index (κ2) is 8.98. The molecular weight excluding hydrogens is 222 g/mol. The van der Waals surface area contributed by atoms with Gasteiger partial charge >= 0.3 is 0 Å². The lowest BCUT2D eigenvalue weighted by Gasteiger charge is -2.15. The van der Waals surface area contributed by atoms with Gasteiger partial charge in [0.2, 0.25) is 0 Å². The SMILES string of the molecule is CCCCNCCOc1ccccc1C(C)CC. The Morgan fingerprint density at radius 2 is 1.94 bits per heavy atom. The van der Waals surface area contributed by atoms with Gasteiger partial charge in [-0.15, -0.1) is 0 Å². The van der Waals surface area contributed by atoms with Crippen molar-refractivity contribution in [1.29, 1.82) is 0 Å². The topological polar surface area (TPSA) is 21.3 Å². The summed E-state index contributed by atoms with van der Waals surface area (Å²) < 4.78 is 5.88. The Hall–Kier alpha value is -1.02. The predicted molar refractivity (Wildman–Crippen MR) is 78.4 cm³/mol. The number of hydrogen-bond donors (Lipinski definition) is 1. The molecule has 0 saturated carbocycles. The lowest BCUT2D eigenvalue weighted by Crippen LogP contribution is -2.22. The maximum Gasteiger partial charge on any atom is 0.122 e. The van der Waals surface area contributed by atoms with E-state index in [-0.39, 0.29) is 0 Å². The number of unbranched alkanes of at least 4 members (excludes halogenated alkanes) is 1. The molecule has 0 saturated heterocycles. The summed E-state index contributed by atoms with van der Waals surface area (Å²) in [5, 5.41) is 3.39. The van der Waals surface area contributed by atoms with Gasteiger partial charge < -0.3 is 10.1 Å². The number of benzene rings is 1. The van der Waals surface area contributed by atoms with Crippen LogP contribution in [-0.2, 0) is 0 Å². The Bertz CT molecular complexity index is 325. The highest BCUT2D eigenvalue weighted by atomic mass is 16.5.